The summed E-state index contributed by atoms with van der Waals surface area (Å²) in [5, 5.41) is 24.7. The number of Topliss-reactive ketones (excluding diaryl/α,β-unsaturated/α-hetero) is 3. The number of hydrogen-bond acceptors (Lipinski definition) is 8. The van der Waals surface area contributed by atoms with Crippen LogP contribution in [0, 0.1) is 45.8 Å². The Bertz CT molecular complexity index is 1460. The lowest BCUT2D eigenvalue weighted by molar-refractivity contribution is -0.437. The second-order valence-electron chi connectivity index (χ2n) is 15.0. The average Bonchev–Trinajstić information content (AvgIpc) is 3.10. The lowest BCUT2D eigenvalue weighted by Crippen LogP contribution is -2.85. The number of fused-ring (bicyclic) bond motifs is 2. The Morgan fingerprint density at radius 2 is 1.80 bits per heavy atom. The highest BCUT2D eigenvalue weighted by molar-refractivity contribution is 6.33. The van der Waals surface area contributed by atoms with Gasteiger partial charge in [-0.3, -0.25) is 19.2 Å². The third kappa shape index (κ3) is 3.74. The van der Waals surface area contributed by atoms with Crippen molar-refractivity contribution in [3.63, 3.8) is 0 Å². The minimum Gasteiger partial charge on any atom is -0.460 e. The van der Waals surface area contributed by atoms with Crippen LogP contribution in [0.15, 0.2) is 36.4 Å². The van der Waals surface area contributed by atoms with Gasteiger partial charge >= 0.3 is 5.97 Å². The quantitative estimate of drug-likeness (QED) is 0.270. The molecular formula is C35H41ClO8. The summed E-state index contributed by atoms with van der Waals surface area (Å²) >= 11 is 6.22. The van der Waals surface area contributed by atoms with Crippen LogP contribution < -0.4 is 0 Å². The predicted octanol–water partition coefficient (Wildman–Crippen LogP) is 4.87. The summed E-state index contributed by atoms with van der Waals surface area (Å²) in [6, 6.07) is 7.00. The van der Waals surface area contributed by atoms with Gasteiger partial charge in [0, 0.05) is 30.2 Å². The van der Waals surface area contributed by atoms with Crippen molar-refractivity contribution in [2.45, 2.75) is 89.6 Å². The maximum Gasteiger partial charge on any atom is 0.309 e. The summed E-state index contributed by atoms with van der Waals surface area (Å²) < 4.78 is 12.3. The van der Waals surface area contributed by atoms with Crippen molar-refractivity contribution < 1.29 is 38.9 Å². The van der Waals surface area contributed by atoms with E-state index in [-0.39, 0.29) is 29.7 Å². The van der Waals surface area contributed by atoms with E-state index in [2.05, 4.69) is 6.58 Å². The van der Waals surface area contributed by atoms with Gasteiger partial charge in [-0.15, -0.1) is 0 Å². The molecule has 0 radical (unpaired) electrons. The van der Waals surface area contributed by atoms with Crippen LogP contribution in [0.4, 0.5) is 0 Å². The van der Waals surface area contributed by atoms with Gasteiger partial charge in [0.15, 0.2) is 11.6 Å². The molecular weight excluding hydrogens is 584 g/mol. The number of rotatable bonds is 5. The highest BCUT2D eigenvalue weighted by Crippen LogP contribution is 2.76. The fourth-order valence-electron chi connectivity index (χ4n) is 10.6. The van der Waals surface area contributed by atoms with Crippen molar-refractivity contribution >= 4 is 34.9 Å². The lowest BCUT2D eigenvalue weighted by Gasteiger charge is -2.73. The molecule has 44 heavy (non-hydrogen) atoms. The highest BCUT2D eigenvalue weighted by atomic mass is 35.5. The summed E-state index contributed by atoms with van der Waals surface area (Å²) in [5.74, 6) is -5.35. The van der Waals surface area contributed by atoms with Gasteiger partial charge in [-0.2, -0.15) is 0 Å². The van der Waals surface area contributed by atoms with Crippen molar-refractivity contribution in [3.05, 3.63) is 47.0 Å². The molecule has 9 heteroatoms. The normalized spacial score (nSPS) is 43.8. The molecule has 4 bridgehead atoms. The molecule has 0 aromatic heterocycles. The van der Waals surface area contributed by atoms with Crippen molar-refractivity contribution in [2.75, 3.05) is 6.61 Å². The van der Waals surface area contributed by atoms with Gasteiger partial charge in [0.2, 0.25) is 5.79 Å². The van der Waals surface area contributed by atoms with E-state index in [4.69, 9.17) is 21.1 Å². The molecule has 2 saturated heterocycles. The molecule has 7 aliphatic rings. The van der Waals surface area contributed by atoms with Gasteiger partial charge in [-0.05, 0) is 79.9 Å². The van der Waals surface area contributed by atoms with Gasteiger partial charge in [0.05, 0.1) is 23.0 Å². The summed E-state index contributed by atoms with van der Waals surface area (Å²) in [6.45, 7) is 8.01. The zero-order chi connectivity index (χ0) is 31.4. The third-order valence-corrected chi connectivity index (χ3v) is 13.0. The Morgan fingerprint density at radius 3 is 2.50 bits per heavy atom. The molecule has 2 aliphatic heterocycles. The summed E-state index contributed by atoms with van der Waals surface area (Å²) in [7, 11) is 0. The maximum atomic E-state index is 14.3. The van der Waals surface area contributed by atoms with E-state index in [9.17, 15) is 29.4 Å². The molecule has 8 nitrogen and oxygen atoms in total. The second-order valence-corrected chi connectivity index (χ2v) is 15.4. The van der Waals surface area contributed by atoms with Crippen LogP contribution in [0.2, 0.25) is 5.02 Å². The van der Waals surface area contributed by atoms with Crippen LogP contribution >= 0.6 is 11.6 Å². The standard InChI is InChI=1S/C35H41ClO8/c1-18-21-12-13-25-33-17-43-35(42,29(40)27(33)32(2,3)15-14-26(33)38)34(25,28(18)39)30(21)44-31(41)20-10-8-19(9-11-20)16-24(37)22-6-4-5-7-23(22)36/h4-7,19-21,25,27,29-30,40,42H,1,8-17H2,2-3H3/t19?,20?,21-,25-,27+,29-,30+,33+,34-,35-/m0/s1. The molecule has 2 heterocycles. The summed E-state index contributed by atoms with van der Waals surface area (Å²) in [4.78, 5) is 54.9. The van der Waals surface area contributed by atoms with Crippen LogP contribution in [-0.4, -0.2) is 58.1 Å². The topological polar surface area (TPSA) is 127 Å². The average molecular weight is 625 g/mol. The number of esters is 1. The Morgan fingerprint density at radius 1 is 1.09 bits per heavy atom. The van der Waals surface area contributed by atoms with E-state index < -0.39 is 69.7 Å². The lowest BCUT2D eigenvalue weighted by atomic mass is 9.36. The number of ketones is 3. The van der Waals surface area contributed by atoms with E-state index in [0.717, 1.165) is 0 Å². The molecule has 2 N–H and O–H groups in total. The van der Waals surface area contributed by atoms with Crippen molar-refractivity contribution in [3.8, 4) is 0 Å². The second kappa shape index (κ2) is 10.1. The number of carbonyl (C=O) groups excluding carboxylic acids is 4. The molecule has 8 rings (SSSR count). The van der Waals surface area contributed by atoms with Crippen LogP contribution in [0.3, 0.4) is 0 Å². The fraction of sp³-hybridized carbons (Fsp3) is 0.657. The van der Waals surface area contributed by atoms with Crippen molar-refractivity contribution in [1.29, 1.82) is 0 Å². The van der Waals surface area contributed by atoms with E-state index >= 15 is 0 Å². The number of hydrogen-bond donors (Lipinski definition) is 2. The molecule has 0 amide bonds. The summed E-state index contributed by atoms with van der Waals surface area (Å²) in [6.07, 6.45) is 2.02. The van der Waals surface area contributed by atoms with Crippen LogP contribution in [-0.2, 0) is 23.9 Å². The first-order valence-electron chi connectivity index (χ1n) is 16.1. The van der Waals surface area contributed by atoms with Gasteiger partial charge in [-0.25, -0.2) is 0 Å². The van der Waals surface area contributed by atoms with Gasteiger partial charge in [0.25, 0.3) is 0 Å². The number of aliphatic hydroxyl groups excluding tert-OH is 1. The Labute approximate surface area is 262 Å². The Kier molecular flexibility index (Phi) is 6.92. The molecule has 8 atom stereocenters. The molecule has 7 fully saturated rings. The molecule has 236 valence electrons. The van der Waals surface area contributed by atoms with E-state index in [1.165, 1.54) is 0 Å². The van der Waals surface area contributed by atoms with Gasteiger partial charge < -0.3 is 19.7 Å². The first kappa shape index (κ1) is 30.3. The van der Waals surface area contributed by atoms with E-state index in [1.807, 2.05) is 13.8 Å². The highest BCUT2D eigenvalue weighted by Gasteiger charge is 2.88. The first-order chi connectivity index (χ1) is 20.8. The number of halogens is 1. The minimum atomic E-state index is -2.31. The number of benzene rings is 1. The summed E-state index contributed by atoms with van der Waals surface area (Å²) in [5.41, 5.74) is -2.65. The Hall–Kier alpha value is -2.39. The van der Waals surface area contributed by atoms with Crippen LogP contribution in [0.1, 0.15) is 82.0 Å². The molecule has 2 spiro atoms. The fourth-order valence-corrected chi connectivity index (χ4v) is 10.9. The molecule has 1 aromatic carbocycles. The molecule has 5 saturated carbocycles. The SMILES string of the molecule is C=C1C(=O)[C@]23[C@H](OC(=O)C4CCC(CC(=O)c5ccccc5Cl)CC4)[C@H]1CC[C@H]2[C@@]12CO[C@@]3(O)[C@@H](O)[C@@H]1C(C)(C)CCC2=O. The van der Waals surface area contributed by atoms with E-state index in [0.29, 0.717) is 68.4 Å². The molecule has 0 unspecified atom stereocenters. The zero-order valence-electron chi connectivity index (χ0n) is 25.4. The van der Waals surface area contributed by atoms with Crippen molar-refractivity contribution in [1.82, 2.24) is 0 Å². The molecule has 5 aliphatic carbocycles. The van der Waals surface area contributed by atoms with Gasteiger partial charge in [0.1, 0.15) is 23.4 Å². The minimum absolute atomic E-state index is 0.0140. The van der Waals surface area contributed by atoms with Crippen LogP contribution in [0.5, 0.6) is 0 Å². The molecule has 1 aromatic rings. The smallest absolute Gasteiger partial charge is 0.309 e. The van der Waals surface area contributed by atoms with Gasteiger partial charge in [-0.1, -0.05) is 44.2 Å². The maximum absolute atomic E-state index is 14.3. The number of ether oxygens (including phenoxy) is 2. The number of aliphatic hydroxyl groups is 2. The zero-order valence-corrected chi connectivity index (χ0v) is 26.1. The van der Waals surface area contributed by atoms with E-state index in [1.54, 1.807) is 24.3 Å². The largest absolute Gasteiger partial charge is 0.460 e. The van der Waals surface area contributed by atoms with Crippen LogP contribution in [0.25, 0.3) is 0 Å². The monoisotopic (exact) mass is 624 g/mol. The first-order valence-corrected chi connectivity index (χ1v) is 16.5. The Balaban J connectivity index is 1.14. The number of carbonyl (C=O) groups is 4. The van der Waals surface area contributed by atoms with Crippen molar-refractivity contribution in [2.24, 2.45) is 45.8 Å². The third-order valence-electron chi connectivity index (χ3n) is 12.7. The predicted molar refractivity (Wildman–Crippen MR) is 159 cm³/mol.